The van der Waals surface area contributed by atoms with E-state index in [9.17, 15) is 4.79 Å². The smallest absolute Gasteiger partial charge is 0.248 e. The molecule has 0 radical (unpaired) electrons. The van der Waals surface area contributed by atoms with Gasteiger partial charge in [0.05, 0.1) is 31.8 Å². The van der Waals surface area contributed by atoms with Crippen LogP contribution in [0, 0.1) is 11.3 Å². The number of hydrogen-bond donors (Lipinski definition) is 0. The molecule has 1 fully saturated rings. The van der Waals surface area contributed by atoms with Gasteiger partial charge in [-0.2, -0.15) is 5.26 Å². The topological polar surface area (TPSA) is 65.8 Å². The zero-order valence-corrected chi connectivity index (χ0v) is 12.5. The number of rotatable bonds is 8. The van der Waals surface area contributed by atoms with Gasteiger partial charge in [-0.3, -0.25) is 9.69 Å². The quantitative estimate of drug-likeness (QED) is 0.648. The van der Waals surface area contributed by atoms with E-state index < -0.39 is 0 Å². The summed E-state index contributed by atoms with van der Waals surface area (Å²) in [5.74, 6) is -0.0396. The molecule has 1 saturated heterocycles. The predicted molar refractivity (Wildman–Crippen MR) is 75.2 cm³/mol. The van der Waals surface area contributed by atoms with E-state index in [2.05, 4.69) is 11.0 Å². The fraction of sp³-hybridized carbons (Fsp3) is 0.857. The summed E-state index contributed by atoms with van der Waals surface area (Å²) in [6.45, 7) is 9.15. The molecule has 0 unspecified atom stereocenters. The Morgan fingerprint density at radius 2 is 2.10 bits per heavy atom. The van der Waals surface area contributed by atoms with Crippen LogP contribution in [0.2, 0.25) is 0 Å². The number of morpholine rings is 1. The Labute approximate surface area is 121 Å². The van der Waals surface area contributed by atoms with E-state index in [1.165, 1.54) is 0 Å². The average molecular weight is 283 g/mol. The van der Waals surface area contributed by atoms with Crippen LogP contribution in [0.3, 0.4) is 0 Å². The summed E-state index contributed by atoms with van der Waals surface area (Å²) in [5.41, 5.74) is 0. The monoisotopic (exact) mass is 283 g/mol. The molecule has 0 atom stereocenters. The van der Waals surface area contributed by atoms with E-state index in [0.717, 1.165) is 32.8 Å². The number of amides is 1. The van der Waals surface area contributed by atoms with Crippen molar-refractivity contribution in [3.63, 3.8) is 0 Å². The maximum Gasteiger partial charge on any atom is 0.248 e. The van der Waals surface area contributed by atoms with Gasteiger partial charge in [-0.1, -0.05) is 0 Å². The molecule has 0 aromatic carbocycles. The first-order valence-corrected chi connectivity index (χ1v) is 7.20. The fourth-order valence-corrected chi connectivity index (χ4v) is 1.96. The number of carbonyl (C=O) groups is 1. The van der Waals surface area contributed by atoms with Crippen LogP contribution < -0.4 is 0 Å². The first-order valence-electron chi connectivity index (χ1n) is 7.20. The number of nitrogens with zero attached hydrogens (tertiary/aromatic N) is 3. The molecule has 1 rings (SSSR count). The van der Waals surface area contributed by atoms with E-state index in [-0.39, 0.29) is 18.6 Å². The molecule has 0 N–H and O–H groups in total. The van der Waals surface area contributed by atoms with Gasteiger partial charge < -0.3 is 14.4 Å². The van der Waals surface area contributed by atoms with Crippen molar-refractivity contribution in [3.8, 4) is 6.07 Å². The Hall–Kier alpha value is -1.16. The largest absolute Gasteiger partial charge is 0.379 e. The van der Waals surface area contributed by atoms with Crippen LogP contribution in [0.15, 0.2) is 0 Å². The highest BCUT2D eigenvalue weighted by molar-refractivity contribution is 5.77. The standard InChI is InChI=1S/C14H25N3O3/c1-13(2)20-12-14(18)17(5-3-4-15)7-6-16-8-10-19-11-9-16/h13H,3,5-12H2,1-2H3. The number of ether oxygens (including phenoxy) is 2. The van der Waals surface area contributed by atoms with Crippen molar-refractivity contribution in [2.75, 3.05) is 52.5 Å². The van der Waals surface area contributed by atoms with Gasteiger partial charge in [-0.25, -0.2) is 0 Å². The first kappa shape index (κ1) is 16.9. The minimum Gasteiger partial charge on any atom is -0.379 e. The minimum absolute atomic E-state index is 0.0380. The molecule has 1 heterocycles. The molecule has 1 amide bonds. The van der Waals surface area contributed by atoms with Gasteiger partial charge in [0.15, 0.2) is 0 Å². The second kappa shape index (κ2) is 9.70. The van der Waals surface area contributed by atoms with Gasteiger partial charge in [0.25, 0.3) is 0 Å². The van der Waals surface area contributed by atoms with Crippen molar-refractivity contribution in [1.82, 2.24) is 9.80 Å². The summed E-state index contributed by atoms with van der Waals surface area (Å²) >= 11 is 0. The molecule has 0 aromatic heterocycles. The highest BCUT2D eigenvalue weighted by atomic mass is 16.5. The predicted octanol–water partition coefficient (Wildman–Crippen LogP) is 0.486. The zero-order chi connectivity index (χ0) is 14.8. The van der Waals surface area contributed by atoms with E-state index in [4.69, 9.17) is 14.7 Å². The van der Waals surface area contributed by atoms with E-state index >= 15 is 0 Å². The molecule has 1 aliphatic heterocycles. The Morgan fingerprint density at radius 3 is 2.70 bits per heavy atom. The lowest BCUT2D eigenvalue weighted by atomic mass is 10.3. The Kier molecular flexibility index (Phi) is 8.19. The molecule has 0 aromatic rings. The van der Waals surface area contributed by atoms with Gasteiger partial charge in [0.1, 0.15) is 6.61 Å². The second-order valence-electron chi connectivity index (χ2n) is 5.10. The molecule has 0 bridgehead atoms. The van der Waals surface area contributed by atoms with Gasteiger partial charge in [-0.05, 0) is 13.8 Å². The molecule has 6 nitrogen and oxygen atoms in total. The van der Waals surface area contributed by atoms with E-state index in [1.54, 1.807) is 4.90 Å². The van der Waals surface area contributed by atoms with Crippen molar-refractivity contribution >= 4 is 5.91 Å². The Bertz CT molecular complexity index is 322. The zero-order valence-electron chi connectivity index (χ0n) is 12.5. The molecule has 6 heteroatoms. The van der Waals surface area contributed by atoms with Gasteiger partial charge in [-0.15, -0.1) is 0 Å². The number of hydrogen-bond acceptors (Lipinski definition) is 5. The second-order valence-corrected chi connectivity index (χ2v) is 5.10. The number of nitriles is 1. The van der Waals surface area contributed by atoms with Crippen molar-refractivity contribution < 1.29 is 14.3 Å². The summed E-state index contributed by atoms with van der Waals surface area (Å²) in [7, 11) is 0. The van der Waals surface area contributed by atoms with Crippen LogP contribution >= 0.6 is 0 Å². The Balaban J connectivity index is 2.37. The maximum absolute atomic E-state index is 12.1. The van der Waals surface area contributed by atoms with Crippen LogP contribution in [0.25, 0.3) is 0 Å². The Morgan fingerprint density at radius 1 is 1.40 bits per heavy atom. The van der Waals surface area contributed by atoms with Crippen molar-refractivity contribution in [1.29, 1.82) is 5.26 Å². The SMILES string of the molecule is CC(C)OCC(=O)N(CCC#N)CCN1CCOCC1. The van der Waals surface area contributed by atoms with Crippen LogP contribution in [-0.4, -0.2) is 74.4 Å². The van der Waals surface area contributed by atoms with Crippen LogP contribution in [0.4, 0.5) is 0 Å². The lowest BCUT2D eigenvalue weighted by Crippen LogP contribution is -2.44. The van der Waals surface area contributed by atoms with Crippen LogP contribution in [-0.2, 0) is 14.3 Å². The molecular formula is C14H25N3O3. The molecule has 1 aliphatic rings. The third kappa shape index (κ3) is 6.85. The molecule has 20 heavy (non-hydrogen) atoms. The number of carbonyl (C=O) groups excluding carboxylic acids is 1. The molecular weight excluding hydrogens is 258 g/mol. The van der Waals surface area contributed by atoms with Crippen molar-refractivity contribution in [3.05, 3.63) is 0 Å². The summed E-state index contributed by atoms with van der Waals surface area (Å²) in [4.78, 5) is 16.1. The summed E-state index contributed by atoms with van der Waals surface area (Å²) in [6, 6.07) is 2.09. The third-order valence-electron chi connectivity index (χ3n) is 3.18. The van der Waals surface area contributed by atoms with Gasteiger partial charge in [0.2, 0.25) is 5.91 Å². The van der Waals surface area contributed by atoms with Gasteiger partial charge >= 0.3 is 0 Å². The van der Waals surface area contributed by atoms with Crippen LogP contribution in [0.1, 0.15) is 20.3 Å². The molecule has 0 spiro atoms. The normalized spacial score (nSPS) is 16.1. The molecule has 0 saturated carbocycles. The summed E-state index contributed by atoms with van der Waals surface area (Å²) < 4.78 is 10.6. The molecule has 114 valence electrons. The first-order chi connectivity index (χ1) is 9.63. The summed E-state index contributed by atoms with van der Waals surface area (Å²) in [5, 5.41) is 8.69. The van der Waals surface area contributed by atoms with Gasteiger partial charge in [0, 0.05) is 32.7 Å². The minimum atomic E-state index is -0.0396. The van der Waals surface area contributed by atoms with Crippen molar-refractivity contribution in [2.45, 2.75) is 26.4 Å². The lowest BCUT2D eigenvalue weighted by Gasteiger charge is -2.30. The summed E-state index contributed by atoms with van der Waals surface area (Å²) in [6.07, 6.45) is 0.396. The fourth-order valence-electron chi connectivity index (χ4n) is 1.96. The van der Waals surface area contributed by atoms with E-state index in [0.29, 0.717) is 19.5 Å². The highest BCUT2D eigenvalue weighted by Gasteiger charge is 2.16. The van der Waals surface area contributed by atoms with Crippen LogP contribution in [0.5, 0.6) is 0 Å². The molecule has 0 aliphatic carbocycles. The maximum atomic E-state index is 12.1. The van der Waals surface area contributed by atoms with E-state index in [1.807, 2.05) is 13.8 Å². The third-order valence-corrected chi connectivity index (χ3v) is 3.18. The highest BCUT2D eigenvalue weighted by Crippen LogP contribution is 2.00. The lowest BCUT2D eigenvalue weighted by molar-refractivity contribution is -0.137. The average Bonchev–Trinajstić information content (AvgIpc) is 2.46. The van der Waals surface area contributed by atoms with Crippen molar-refractivity contribution in [2.24, 2.45) is 0 Å².